The van der Waals surface area contributed by atoms with Gasteiger partial charge in [0, 0.05) is 19.3 Å². The summed E-state index contributed by atoms with van der Waals surface area (Å²) in [6.07, 6.45) is 2.57. The van der Waals surface area contributed by atoms with Crippen LogP contribution in [0.25, 0.3) is 0 Å². The van der Waals surface area contributed by atoms with Crippen LogP contribution in [0.4, 0.5) is 10.1 Å². The van der Waals surface area contributed by atoms with Gasteiger partial charge in [-0.05, 0) is 42.5 Å². The number of aliphatic hydroxyl groups is 1. The molecule has 0 aromatic heterocycles. The van der Waals surface area contributed by atoms with E-state index < -0.39 is 0 Å². The minimum atomic E-state index is -0.279. The third kappa shape index (κ3) is 2.69. The van der Waals surface area contributed by atoms with Crippen molar-refractivity contribution in [3.05, 3.63) is 29.6 Å². The molecule has 0 radical (unpaired) electrons. The highest BCUT2D eigenvalue weighted by Gasteiger charge is 2.23. The second-order valence-electron chi connectivity index (χ2n) is 4.30. The Morgan fingerprint density at radius 3 is 2.73 bits per heavy atom. The molecule has 1 aromatic rings. The number of anilines is 1. The van der Waals surface area contributed by atoms with Crippen LogP contribution in [-0.2, 0) is 6.61 Å². The number of hydrogen-bond donors (Lipinski definition) is 1. The van der Waals surface area contributed by atoms with Gasteiger partial charge in [-0.1, -0.05) is 0 Å². The standard InChI is InChI=1S/C12H16FNO/c1-14(7-9-2-3-9)12-5-10(8-15)4-11(13)6-12/h4-6,9,15H,2-3,7-8H2,1H3. The lowest BCUT2D eigenvalue weighted by Gasteiger charge is -2.19. The zero-order valence-corrected chi connectivity index (χ0v) is 8.91. The van der Waals surface area contributed by atoms with Crippen LogP contribution in [0.1, 0.15) is 18.4 Å². The SMILES string of the molecule is CN(CC1CC1)c1cc(F)cc(CO)c1. The van der Waals surface area contributed by atoms with Gasteiger partial charge in [-0.3, -0.25) is 0 Å². The summed E-state index contributed by atoms with van der Waals surface area (Å²) in [6.45, 7) is 0.871. The fourth-order valence-electron chi connectivity index (χ4n) is 1.74. The molecule has 1 fully saturated rings. The van der Waals surface area contributed by atoms with E-state index in [0.717, 1.165) is 18.2 Å². The van der Waals surface area contributed by atoms with Gasteiger partial charge in [0.2, 0.25) is 0 Å². The van der Waals surface area contributed by atoms with Gasteiger partial charge >= 0.3 is 0 Å². The fraction of sp³-hybridized carbons (Fsp3) is 0.500. The molecule has 1 aliphatic carbocycles. The molecule has 1 N–H and O–H groups in total. The summed E-state index contributed by atoms with van der Waals surface area (Å²) in [5.74, 6) is 0.495. The molecule has 1 aromatic carbocycles. The van der Waals surface area contributed by atoms with Gasteiger partial charge in [0.05, 0.1) is 6.61 Å². The molecule has 0 unspecified atom stereocenters. The Morgan fingerprint density at radius 1 is 1.40 bits per heavy atom. The predicted octanol–water partition coefficient (Wildman–Crippen LogP) is 2.16. The normalized spacial score (nSPS) is 15.4. The van der Waals surface area contributed by atoms with Crippen LogP contribution < -0.4 is 4.90 Å². The lowest BCUT2D eigenvalue weighted by molar-refractivity contribution is 0.281. The summed E-state index contributed by atoms with van der Waals surface area (Å²) in [5.41, 5.74) is 1.48. The number of hydrogen-bond acceptors (Lipinski definition) is 2. The number of benzene rings is 1. The zero-order valence-electron chi connectivity index (χ0n) is 8.91. The van der Waals surface area contributed by atoms with Gasteiger partial charge < -0.3 is 10.0 Å². The Balaban J connectivity index is 2.13. The van der Waals surface area contributed by atoms with Crippen molar-refractivity contribution in [2.45, 2.75) is 19.4 Å². The molecule has 0 amide bonds. The van der Waals surface area contributed by atoms with E-state index in [1.807, 2.05) is 13.1 Å². The first-order valence-corrected chi connectivity index (χ1v) is 5.30. The van der Waals surface area contributed by atoms with E-state index in [2.05, 4.69) is 4.90 Å². The van der Waals surface area contributed by atoms with Crippen LogP contribution in [0.5, 0.6) is 0 Å². The van der Waals surface area contributed by atoms with Crippen molar-refractivity contribution >= 4 is 5.69 Å². The van der Waals surface area contributed by atoms with E-state index in [1.165, 1.54) is 25.0 Å². The highest BCUT2D eigenvalue weighted by molar-refractivity contribution is 5.48. The summed E-state index contributed by atoms with van der Waals surface area (Å²) in [5, 5.41) is 8.98. The third-order valence-corrected chi connectivity index (χ3v) is 2.79. The molecule has 0 spiro atoms. The lowest BCUT2D eigenvalue weighted by atomic mass is 10.2. The van der Waals surface area contributed by atoms with Gasteiger partial charge in [0.1, 0.15) is 5.82 Å². The molecule has 0 heterocycles. The van der Waals surface area contributed by atoms with Crippen LogP contribution in [0.15, 0.2) is 18.2 Å². The van der Waals surface area contributed by atoms with E-state index in [9.17, 15) is 4.39 Å². The van der Waals surface area contributed by atoms with Gasteiger partial charge in [-0.2, -0.15) is 0 Å². The number of nitrogens with zero attached hydrogens (tertiary/aromatic N) is 1. The Bertz CT molecular complexity index is 349. The van der Waals surface area contributed by atoms with Gasteiger partial charge in [0.25, 0.3) is 0 Å². The molecule has 82 valence electrons. The number of halogens is 1. The molecule has 2 nitrogen and oxygen atoms in total. The average molecular weight is 209 g/mol. The molecular formula is C12H16FNO. The minimum Gasteiger partial charge on any atom is -0.392 e. The summed E-state index contributed by atoms with van der Waals surface area (Å²) in [6, 6.07) is 4.72. The maximum absolute atomic E-state index is 13.2. The van der Waals surface area contributed by atoms with E-state index in [-0.39, 0.29) is 12.4 Å². The highest BCUT2D eigenvalue weighted by atomic mass is 19.1. The molecule has 3 heteroatoms. The molecule has 1 saturated carbocycles. The van der Waals surface area contributed by atoms with Gasteiger partial charge in [0.15, 0.2) is 0 Å². The Kier molecular flexibility index (Phi) is 2.91. The first-order chi connectivity index (χ1) is 7.19. The Labute approximate surface area is 89.3 Å². The van der Waals surface area contributed by atoms with Crippen molar-refractivity contribution in [1.82, 2.24) is 0 Å². The fourth-order valence-corrected chi connectivity index (χ4v) is 1.74. The first kappa shape index (κ1) is 10.4. The monoisotopic (exact) mass is 209 g/mol. The lowest BCUT2D eigenvalue weighted by Crippen LogP contribution is -2.20. The molecule has 0 saturated heterocycles. The van der Waals surface area contributed by atoms with Crippen LogP contribution in [-0.4, -0.2) is 18.7 Å². The molecule has 0 aliphatic heterocycles. The molecule has 0 bridgehead atoms. The summed E-state index contributed by atoms with van der Waals surface area (Å²) in [7, 11) is 1.97. The van der Waals surface area contributed by atoms with Crippen LogP contribution in [0.3, 0.4) is 0 Å². The van der Waals surface area contributed by atoms with Crippen molar-refractivity contribution < 1.29 is 9.50 Å². The number of aliphatic hydroxyl groups excluding tert-OH is 1. The maximum Gasteiger partial charge on any atom is 0.125 e. The Hall–Kier alpha value is -1.09. The summed E-state index contributed by atoms with van der Waals surface area (Å²) in [4.78, 5) is 2.06. The largest absolute Gasteiger partial charge is 0.392 e. The average Bonchev–Trinajstić information content (AvgIpc) is 3.00. The highest BCUT2D eigenvalue weighted by Crippen LogP contribution is 2.31. The predicted molar refractivity (Wildman–Crippen MR) is 58.3 cm³/mol. The number of rotatable bonds is 4. The zero-order chi connectivity index (χ0) is 10.8. The van der Waals surface area contributed by atoms with Crippen LogP contribution in [0.2, 0.25) is 0 Å². The molecule has 0 atom stereocenters. The van der Waals surface area contributed by atoms with Crippen molar-refractivity contribution in [2.75, 3.05) is 18.5 Å². The second kappa shape index (κ2) is 4.19. The smallest absolute Gasteiger partial charge is 0.125 e. The summed E-state index contributed by atoms with van der Waals surface area (Å²) < 4.78 is 13.2. The van der Waals surface area contributed by atoms with Crippen molar-refractivity contribution in [2.24, 2.45) is 5.92 Å². The van der Waals surface area contributed by atoms with Crippen molar-refractivity contribution in [3.8, 4) is 0 Å². The first-order valence-electron chi connectivity index (χ1n) is 5.30. The Morgan fingerprint density at radius 2 is 2.13 bits per heavy atom. The molecule has 1 aliphatic rings. The molecular weight excluding hydrogens is 193 g/mol. The second-order valence-corrected chi connectivity index (χ2v) is 4.30. The summed E-state index contributed by atoms with van der Waals surface area (Å²) >= 11 is 0. The van der Waals surface area contributed by atoms with Crippen LogP contribution in [0, 0.1) is 11.7 Å². The van der Waals surface area contributed by atoms with Crippen molar-refractivity contribution in [3.63, 3.8) is 0 Å². The van der Waals surface area contributed by atoms with E-state index in [1.54, 1.807) is 0 Å². The van der Waals surface area contributed by atoms with E-state index >= 15 is 0 Å². The molecule has 2 rings (SSSR count). The van der Waals surface area contributed by atoms with E-state index in [4.69, 9.17) is 5.11 Å². The minimum absolute atomic E-state index is 0.109. The van der Waals surface area contributed by atoms with E-state index in [0.29, 0.717) is 5.56 Å². The van der Waals surface area contributed by atoms with Crippen LogP contribution >= 0.6 is 0 Å². The maximum atomic E-state index is 13.2. The third-order valence-electron chi connectivity index (χ3n) is 2.79. The topological polar surface area (TPSA) is 23.5 Å². The quantitative estimate of drug-likeness (QED) is 0.821. The molecule has 15 heavy (non-hydrogen) atoms. The van der Waals surface area contributed by atoms with Gasteiger partial charge in [-0.15, -0.1) is 0 Å². The van der Waals surface area contributed by atoms with Crippen molar-refractivity contribution in [1.29, 1.82) is 0 Å². The van der Waals surface area contributed by atoms with Gasteiger partial charge in [-0.25, -0.2) is 4.39 Å².